The van der Waals surface area contributed by atoms with Gasteiger partial charge in [-0.25, -0.2) is 0 Å². The van der Waals surface area contributed by atoms with Gasteiger partial charge in [0.2, 0.25) is 0 Å². The van der Waals surface area contributed by atoms with Crippen LogP contribution in [0.3, 0.4) is 0 Å². The van der Waals surface area contributed by atoms with Gasteiger partial charge in [0.25, 0.3) is 20.2 Å². The van der Waals surface area contributed by atoms with E-state index in [0.29, 0.717) is 37.6 Å². The Morgan fingerprint density at radius 1 is 0.531 bits per heavy atom. The first-order valence-corrected chi connectivity index (χ1v) is 12.5. The topological polar surface area (TPSA) is 127 Å². The normalized spacial score (nSPS) is 11.8. The first kappa shape index (κ1) is 23.7. The molecule has 0 radical (unpaired) electrons. The van der Waals surface area contributed by atoms with Gasteiger partial charge in [0.05, 0.1) is 23.0 Å². The van der Waals surface area contributed by atoms with E-state index in [1.807, 2.05) is 0 Å². The van der Waals surface area contributed by atoms with Crippen LogP contribution in [0.15, 0.2) is 82.6 Å². The zero-order chi connectivity index (χ0) is 23.2. The van der Waals surface area contributed by atoms with Crippen molar-refractivity contribution in [3.05, 3.63) is 83.9 Å². The van der Waals surface area contributed by atoms with Gasteiger partial charge in [-0.15, -0.1) is 0 Å². The molecule has 0 fully saturated rings. The van der Waals surface area contributed by atoms with E-state index < -0.39 is 20.2 Å². The molecule has 0 amide bonds. The Labute approximate surface area is 186 Å². The molecule has 0 spiro atoms. The maximum atomic E-state index is 11.0. The zero-order valence-corrected chi connectivity index (χ0v) is 18.6. The third-order valence-corrected chi connectivity index (χ3v) is 6.32. The van der Waals surface area contributed by atoms with Crippen LogP contribution in [0.5, 0.6) is 11.5 Å². The largest absolute Gasteiger partial charge is 0.493 e. The van der Waals surface area contributed by atoms with Gasteiger partial charge in [-0.05, 0) is 59.7 Å². The summed E-state index contributed by atoms with van der Waals surface area (Å²) in [5.74, 6) is 1.32. The van der Waals surface area contributed by atoms with Crippen LogP contribution in [0.4, 0.5) is 0 Å². The van der Waals surface area contributed by atoms with E-state index in [0.717, 1.165) is 11.1 Å². The number of hydrogen-bond donors (Lipinski definition) is 2. The minimum Gasteiger partial charge on any atom is -0.493 e. The summed E-state index contributed by atoms with van der Waals surface area (Å²) in [4.78, 5) is -0.291. The number of hydrogen-bond acceptors (Lipinski definition) is 6. The molecule has 0 saturated heterocycles. The van der Waals surface area contributed by atoms with Crippen molar-refractivity contribution in [3.63, 3.8) is 0 Å². The third-order valence-electron chi connectivity index (χ3n) is 4.59. The van der Waals surface area contributed by atoms with Gasteiger partial charge in [-0.1, -0.05) is 24.3 Å². The Morgan fingerprint density at radius 3 is 1.12 bits per heavy atom. The average Bonchev–Trinajstić information content (AvgIpc) is 2.74. The Kier molecular flexibility index (Phi) is 7.52. The van der Waals surface area contributed by atoms with E-state index in [2.05, 4.69) is 0 Å². The minimum absolute atomic E-state index is 0.145. The predicted molar refractivity (Wildman–Crippen MR) is 117 cm³/mol. The molecule has 3 aromatic carbocycles. The molecule has 0 aliphatic heterocycles. The van der Waals surface area contributed by atoms with Gasteiger partial charge in [0.15, 0.2) is 0 Å². The van der Waals surface area contributed by atoms with Crippen LogP contribution in [-0.4, -0.2) is 39.2 Å². The molecule has 0 saturated carbocycles. The molecule has 32 heavy (non-hydrogen) atoms. The second-order valence-electron chi connectivity index (χ2n) is 6.91. The van der Waals surface area contributed by atoms with Crippen molar-refractivity contribution in [1.29, 1.82) is 0 Å². The maximum absolute atomic E-state index is 11.0. The summed E-state index contributed by atoms with van der Waals surface area (Å²) in [6.45, 7) is 0.788. The summed E-state index contributed by atoms with van der Waals surface area (Å²) in [5, 5.41) is 0. The van der Waals surface area contributed by atoms with E-state index in [1.54, 1.807) is 48.5 Å². The van der Waals surface area contributed by atoms with Crippen LogP contribution in [0.1, 0.15) is 11.1 Å². The van der Waals surface area contributed by atoms with Crippen LogP contribution in [0.25, 0.3) is 0 Å². The molecule has 3 rings (SSSR count). The number of ether oxygens (including phenoxy) is 2. The average molecular weight is 479 g/mol. The van der Waals surface area contributed by atoms with Crippen molar-refractivity contribution < 1.29 is 35.4 Å². The van der Waals surface area contributed by atoms with E-state index in [9.17, 15) is 16.8 Å². The van der Waals surface area contributed by atoms with E-state index in [4.69, 9.17) is 18.6 Å². The smallest absolute Gasteiger partial charge is 0.294 e. The molecule has 3 aromatic rings. The zero-order valence-electron chi connectivity index (χ0n) is 16.9. The Hall–Kier alpha value is -2.92. The van der Waals surface area contributed by atoms with Gasteiger partial charge in [-0.3, -0.25) is 9.11 Å². The summed E-state index contributed by atoms with van der Waals surface area (Å²) in [7, 11) is -8.38. The van der Waals surface area contributed by atoms with Crippen LogP contribution in [0.2, 0.25) is 0 Å². The highest BCUT2D eigenvalue weighted by atomic mass is 32.2. The lowest BCUT2D eigenvalue weighted by molar-refractivity contribution is 0.313. The van der Waals surface area contributed by atoms with Crippen molar-refractivity contribution in [2.45, 2.75) is 22.6 Å². The Bertz CT molecular complexity index is 1130. The fourth-order valence-electron chi connectivity index (χ4n) is 2.86. The maximum Gasteiger partial charge on any atom is 0.294 e. The molecule has 0 unspecified atom stereocenters. The van der Waals surface area contributed by atoms with Crippen molar-refractivity contribution >= 4 is 20.2 Å². The van der Waals surface area contributed by atoms with Gasteiger partial charge in [0.1, 0.15) is 11.5 Å². The van der Waals surface area contributed by atoms with Gasteiger partial charge in [0, 0.05) is 12.8 Å². The molecule has 0 aromatic heterocycles. The van der Waals surface area contributed by atoms with E-state index in [-0.39, 0.29) is 9.79 Å². The second-order valence-corrected chi connectivity index (χ2v) is 9.75. The van der Waals surface area contributed by atoms with Crippen LogP contribution in [-0.2, 0) is 33.1 Å². The predicted octanol–water partition coefficient (Wildman–Crippen LogP) is 3.42. The third kappa shape index (κ3) is 7.06. The second kappa shape index (κ2) is 10.1. The lowest BCUT2D eigenvalue weighted by Crippen LogP contribution is -2.04. The van der Waals surface area contributed by atoms with Crippen molar-refractivity contribution in [3.8, 4) is 11.5 Å². The van der Waals surface area contributed by atoms with Gasteiger partial charge >= 0.3 is 0 Å². The van der Waals surface area contributed by atoms with Gasteiger partial charge < -0.3 is 9.47 Å². The van der Waals surface area contributed by atoms with Crippen LogP contribution >= 0.6 is 0 Å². The quantitative estimate of drug-likeness (QED) is 0.424. The van der Waals surface area contributed by atoms with E-state index >= 15 is 0 Å². The molecular formula is C22H22O8S2. The molecule has 8 nitrogen and oxygen atoms in total. The SMILES string of the molecule is O=S(=O)(O)c1ccc(CCOc2ccc(OCCc3ccc(S(=O)(=O)O)cc3)cc2)cc1. The summed E-state index contributed by atoms with van der Waals surface area (Å²) in [5.41, 5.74) is 1.75. The highest BCUT2D eigenvalue weighted by Crippen LogP contribution is 2.19. The summed E-state index contributed by atoms with van der Waals surface area (Å²) in [6, 6.07) is 19.0. The molecular weight excluding hydrogens is 456 g/mol. The van der Waals surface area contributed by atoms with Crippen molar-refractivity contribution in [2.24, 2.45) is 0 Å². The first-order chi connectivity index (χ1) is 15.1. The van der Waals surface area contributed by atoms with Crippen molar-refractivity contribution in [1.82, 2.24) is 0 Å². The van der Waals surface area contributed by atoms with E-state index in [1.165, 1.54) is 24.3 Å². The first-order valence-electron chi connectivity index (χ1n) is 9.60. The molecule has 0 atom stereocenters. The molecule has 170 valence electrons. The highest BCUT2D eigenvalue weighted by molar-refractivity contribution is 7.86. The molecule has 0 bridgehead atoms. The monoisotopic (exact) mass is 478 g/mol. The summed E-state index contributed by atoms with van der Waals surface area (Å²) >= 11 is 0. The van der Waals surface area contributed by atoms with Crippen molar-refractivity contribution in [2.75, 3.05) is 13.2 Å². The van der Waals surface area contributed by atoms with Crippen LogP contribution < -0.4 is 9.47 Å². The number of rotatable bonds is 10. The highest BCUT2D eigenvalue weighted by Gasteiger charge is 2.09. The minimum atomic E-state index is -4.19. The molecule has 0 aliphatic rings. The molecule has 0 aliphatic carbocycles. The Morgan fingerprint density at radius 2 is 0.844 bits per heavy atom. The molecule has 2 N–H and O–H groups in total. The molecule has 10 heteroatoms. The van der Waals surface area contributed by atoms with Gasteiger partial charge in [-0.2, -0.15) is 16.8 Å². The lowest BCUT2D eigenvalue weighted by atomic mass is 10.2. The summed E-state index contributed by atoms with van der Waals surface area (Å²) in [6.07, 6.45) is 1.14. The fourth-order valence-corrected chi connectivity index (χ4v) is 3.82. The van der Waals surface area contributed by atoms with Crippen LogP contribution in [0, 0.1) is 0 Å². The fraction of sp³-hybridized carbons (Fsp3) is 0.182. The standard InChI is InChI=1S/C22H22O8S2/c23-31(24,25)21-9-1-17(2-10-21)13-15-29-19-5-7-20(8-6-19)30-16-14-18-3-11-22(12-4-18)32(26,27)28/h1-12H,13-16H2,(H,23,24,25)(H,26,27,28). The lowest BCUT2D eigenvalue weighted by Gasteiger charge is -2.09. The Balaban J connectivity index is 1.42. The summed E-state index contributed by atoms with van der Waals surface area (Å²) < 4.78 is 73.5. The number of benzene rings is 3. The molecule has 0 heterocycles.